The molecule has 2 heterocycles. The molecule has 3 rings (SSSR count). The lowest BCUT2D eigenvalue weighted by Gasteiger charge is -2.12. The van der Waals surface area contributed by atoms with Gasteiger partial charge in [0.15, 0.2) is 0 Å². The van der Waals surface area contributed by atoms with E-state index in [-0.39, 0.29) is 0 Å². The van der Waals surface area contributed by atoms with Crippen LogP contribution in [0.25, 0.3) is 10.8 Å². The molecule has 1 fully saturated rings. The molecule has 20 heavy (non-hydrogen) atoms. The number of nitrogens with one attached hydrogen (secondary N) is 2. The molecule has 0 amide bonds. The van der Waals surface area contributed by atoms with Gasteiger partial charge in [-0.3, -0.25) is 0 Å². The van der Waals surface area contributed by atoms with Crippen molar-refractivity contribution in [3.8, 4) is 5.75 Å². The number of rotatable bonds is 5. The summed E-state index contributed by atoms with van der Waals surface area (Å²) < 4.78 is 5.26. The molecule has 2 N–H and O–H groups in total. The molecule has 1 saturated heterocycles. The average molecular weight is 271 g/mol. The summed E-state index contributed by atoms with van der Waals surface area (Å²) in [5.41, 5.74) is 0. The zero-order chi connectivity index (χ0) is 13.8. The summed E-state index contributed by atoms with van der Waals surface area (Å²) in [5.74, 6) is 2.65. The van der Waals surface area contributed by atoms with Gasteiger partial charge in [-0.15, -0.1) is 0 Å². The molecule has 1 aliphatic rings. The van der Waals surface area contributed by atoms with Crippen molar-refractivity contribution >= 4 is 16.6 Å². The molecule has 0 radical (unpaired) electrons. The zero-order valence-electron chi connectivity index (χ0n) is 11.9. The van der Waals surface area contributed by atoms with Crippen LogP contribution in [0.3, 0.4) is 0 Å². The van der Waals surface area contributed by atoms with Gasteiger partial charge in [0.05, 0.1) is 7.11 Å². The number of benzene rings is 1. The van der Waals surface area contributed by atoms with Crippen LogP contribution in [0.4, 0.5) is 5.82 Å². The largest absolute Gasteiger partial charge is 0.497 e. The van der Waals surface area contributed by atoms with Crippen LogP contribution in [-0.2, 0) is 0 Å². The molecular formula is C16H21N3O. The van der Waals surface area contributed by atoms with E-state index >= 15 is 0 Å². The Kier molecular flexibility index (Phi) is 4.02. The maximum Gasteiger partial charge on any atom is 0.133 e. The first-order valence-electron chi connectivity index (χ1n) is 7.24. The number of hydrogen-bond acceptors (Lipinski definition) is 4. The van der Waals surface area contributed by atoms with Crippen molar-refractivity contribution in [3.05, 3.63) is 30.5 Å². The number of ether oxygens (including phenoxy) is 1. The lowest BCUT2D eigenvalue weighted by molar-refractivity contribution is 0.415. The molecule has 4 nitrogen and oxygen atoms in total. The Morgan fingerprint density at radius 3 is 3.15 bits per heavy atom. The molecule has 0 aliphatic carbocycles. The van der Waals surface area contributed by atoms with Crippen molar-refractivity contribution in [1.82, 2.24) is 10.3 Å². The second kappa shape index (κ2) is 6.09. The Labute approximate surface area is 119 Å². The summed E-state index contributed by atoms with van der Waals surface area (Å²) >= 11 is 0. The third-order valence-corrected chi connectivity index (χ3v) is 3.98. The van der Waals surface area contributed by atoms with Gasteiger partial charge in [-0.05, 0) is 61.5 Å². The summed E-state index contributed by atoms with van der Waals surface area (Å²) in [6.07, 6.45) is 4.34. The summed E-state index contributed by atoms with van der Waals surface area (Å²) in [5, 5.41) is 9.19. The lowest BCUT2D eigenvalue weighted by atomic mass is 10.1. The normalized spacial score (nSPS) is 18.4. The fraction of sp³-hybridized carbons (Fsp3) is 0.438. The second-order valence-electron chi connectivity index (χ2n) is 5.32. The van der Waals surface area contributed by atoms with Gasteiger partial charge in [-0.2, -0.15) is 0 Å². The third-order valence-electron chi connectivity index (χ3n) is 3.98. The van der Waals surface area contributed by atoms with Gasteiger partial charge in [0.25, 0.3) is 0 Å². The zero-order valence-corrected chi connectivity index (χ0v) is 11.9. The molecule has 2 aromatic rings. The highest BCUT2D eigenvalue weighted by Gasteiger charge is 2.13. The fourth-order valence-corrected chi connectivity index (χ4v) is 2.78. The van der Waals surface area contributed by atoms with Crippen molar-refractivity contribution in [1.29, 1.82) is 0 Å². The Balaban J connectivity index is 1.70. The third kappa shape index (κ3) is 2.85. The maximum absolute atomic E-state index is 5.26. The van der Waals surface area contributed by atoms with Crippen molar-refractivity contribution in [3.63, 3.8) is 0 Å². The van der Waals surface area contributed by atoms with E-state index in [9.17, 15) is 0 Å². The summed E-state index contributed by atoms with van der Waals surface area (Å²) in [7, 11) is 1.69. The Bertz CT molecular complexity index is 579. The summed E-state index contributed by atoms with van der Waals surface area (Å²) in [6, 6.07) is 8.11. The van der Waals surface area contributed by atoms with E-state index in [2.05, 4.69) is 21.7 Å². The van der Waals surface area contributed by atoms with Crippen molar-refractivity contribution in [2.24, 2.45) is 5.92 Å². The van der Waals surface area contributed by atoms with Crippen LogP contribution < -0.4 is 15.4 Å². The van der Waals surface area contributed by atoms with Crippen LogP contribution in [0, 0.1) is 5.92 Å². The van der Waals surface area contributed by atoms with Crippen LogP contribution in [0.15, 0.2) is 30.5 Å². The van der Waals surface area contributed by atoms with Crippen LogP contribution in [0.2, 0.25) is 0 Å². The highest BCUT2D eigenvalue weighted by molar-refractivity contribution is 5.92. The first-order valence-corrected chi connectivity index (χ1v) is 7.24. The summed E-state index contributed by atoms with van der Waals surface area (Å²) in [6.45, 7) is 3.29. The van der Waals surface area contributed by atoms with Crippen LogP contribution in [0.1, 0.15) is 12.8 Å². The van der Waals surface area contributed by atoms with Crippen LogP contribution >= 0.6 is 0 Å². The van der Waals surface area contributed by atoms with Crippen molar-refractivity contribution < 1.29 is 4.74 Å². The van der Waals surface area contributed by atoms with Gasteiger partial charge in [-0.25, -0.2) is 4.98 Å². The molecule has 1 atom stereocenters. The topological polar surface area (TPSA) is 46.2 Å². The predicted molar refractivity (Wildman–Crippen MR) is 82.4 cm³/mol. The Morgan fingerprint density at radius 1 is 1.40 bits per heavy atom. The standard InChI is InChI=1S/C16H21N3O/c1-20-14-2-3-15-13(10-14)6-9-19-16(15)18-8-5-12-4-7-17-11-12/h2-3,6,9-10,12,17H,4-5,7-8,11H2,1H3,(H,18,19). The van der Waals surface area contributed by atoms with E-state index in [1.165, 1.54) is 12.8 Å². The maximum atomic E-state index is 5.26. The predicted octanol–water partition coefficient (Wildman–Crippen LogP) is 2.65. The highest BCUT2D eigenvalue weighted by atomic mass is 16.5. The van der Waals surface area contributed by atoms with E-state index in [0.29, 0.717) is 0 Å². The Hall–Kier alpha value is -1.81. The molecule has 1 unspecified atom stereocenters. The molecule has 106 valence electrons. The highest BCUT2D eigenvalue weighted by Crippen LogP contribution is 2.25. The van der Waals surface area contributed by atoms with E-state index in [4.69, 9.17) is 4.74 Å². The van der Waals surface area contributed by atoms with E-state index in [1.807, 2.05) is 24.4 Å². The molecule has 1 aliphatic heterocycles. The van der Waals surface area contributed by atoms with Crippen LogP contribution in [-0.4, -0.2) is 31.7 Å². The number of fused-ring (bicyclic) bond motifs is 1. The first-order chi connectivity index (χ1) is 9.86. The molecule has 0 bridgehead atoms. The molecule has 0 spiro atoms. The van der Waals surface area contributed by atoms with Crippen LogP contribution in [0.5, 0.6) is 5.75 Å². The number of pyridine rings is 1. The van der Waals surface area contributed by atoms with Gasteiger partial charge in [0, 0.05) is 18.1 Å². The number of hydrogen-bond donors (Lipinski definition) is 2. The smallest absolute Gasteiger partial charge is 0.133 e. The molecule has 0 saturated carbocycles. The number of nitrogens with zero attached hydrogens (tertiary/aromatic N) is 1. The fourth-order valence-electron chi connectivity index (χ4n) is 2.78. The first kappa shape index (κ1) is 13.2. The van der Waals surface area contributed by atoms with Crippen molar-refractivity contribution in [2.75, 3.05) is 32.1 Å². The van der Waals surface area contributed by atoms with Gasteiger partial charge < -0.3 is 15.4 Å². The number of aromatic nitrogens is 1. The quantitative estimate of drug-likeness (QED) is 0.877. The lowest BCUT2D eigenvalue weighted by Crippen LogP contribution is -2.13. The minimum Gasteiger partial charge on any atom is -0.497 e. The van der Waals surface area contributed by atoms with Gasteiger partial charge in [-0.1, -0.05) is 0 Å². The minimum atomic E-state index is 0.803. The second-order valence-corrected chi connectivity index (χ2v) is 5.32. The van der Waals surface area contributed by atoms with E-state index in [0.717, 1.165) is 47.9 Å². The SMILES string of the molecule is COc1ccc2c(NCCC3CCNC3)nccc2c1. The van der Waals surface area contributed by atoms with E-state index in [1.54, 1.807) is 7.11 Å². The van der Waals surface area contributed by atoms with Gasteiger partial charge in [0.1, 0.15) is 11.6 Å². The molecular weight excluding hydrogens is 250 g/mol. The minimum absolute atomic E-state index is 0.803. The van der Waals surface area contributed by atoms with Crippen molar-refractivity contribution in [2.45, 2.75) is 12.8 Å². The molecule has 1 aromatic carbocycles. The Morgan fingerprint density at radius 2 is 2.35 bits per heavy atom. The number of methoxy groups -OCH3 is 1. The monoisotopic (exact) mass is 271 g/mol. The van der Waals surface area contributed by atoms with E-state index < -0.39 is 0 Å². The summed E-state index contributed by atoms with van der Waals surface area (Å²) in [4.78, 5) is 4.46. The molecule has 1 aromatic heterocycles. The van der Waals surface area contributed by atoms with Gasteiger partial charge in [0.2, 0.25) is 0 Å². The number of anilines is 1. The van der Waals surface area contributed by atoms with Gasteiger partial charge >= 0.3 is 0 Å². The average Bonchev–Trinajstić information content (AvgIpc) is 3.00. The molecule has 4 heteroatoms.